The minimum atomic E-state index is -0.775. The van der Waals surface area contributed by atoms with Crippen LogP contribution >= 0.6 is 15.9 Å². The maximum absolute atomic E-state index is 13.5. The highest BCUT2D eigenvalue weighted by molar-refractivity contribution is 9.10. The van der Waals surface area contributed by atoms with Crippen LogP contribution in [0.4, 0.5) is 0 Å². The number of para-hydroxylation sites is 1. The maximum atomic E-state index is 13.5. The summed E-state index contributed by atoms with van der Waals surface area (Å²) in [5.41, 5.74) is 1.07. The Hall–Kier alpha value is -3.10. The largest absolute Gasteiger partial charge is 0.503 e. The van der Waals surface area contributed by atoms with Crippen LogP contribution in [0.25, 0.3) is 11.0 Å². The fourth-order valence-electron chi connectivity index (χ4n) is 3.77. The molecule has 1 amide bonds. The molecule has 1 aliphatic rings. The van der Waals surface area contributed by atoms with Crippen LogP contribution in [0.1, 0.15) is 22.2 Å². The number of ketones is 1. The number of Topliss-reactive ketones (excluding diaryl/α,β-unsaturated/α-hetero) is 1. The third-order valence-corrected chi connectivity index (χ3v) is 5.69. The van der Waals surface area contributed by atoms with E-state index in [1.54, 1.807) is 30.3 Å². The number of carbonyl (C=O) groups is 2. The number of amides is 1. The molecule has 0 saturated carbocycles. The topological polar surface area (TPSA) is 89.2 Å². The highest BCUT2D eigenvalue weighted by Crippen LogP contribution is 2.40. The van der Waals surface area contributed by atoms with Gasteiger partial charge in [-0.05, 0) is 29.8 Å². The van der Waals surface area contributed by atoms with E-state index in [0.717, 1.165) is 4.47 Å². The summed E-state index contributed by atoms with van der Waals surface area (Å²) < 4.78 is 17.0. The molecule has 1 aromatic heterocycles. The molecule has 0 spiro atoms. The van der Waals surface area contributed by atoms with Gasteiger partial charge in [0.1, 0.15) is 0 Å². The van der Waals surface area contributed by atoms with E-state index >= 15 is 0 Å². The van der Waals surface area contributed by atoms with Crippen molar-refractivity contribution in [2.24, 2.45) is 0 Å². The van der Waals surface area contributed by atoms with E-state index in [2.05, 4.69) is 15.9 Å². The summed E-state index contributed by atoms with van der Waals surface area (Å²) in [4.78, 5) is 27.8. The van der Waals surface area contributed by atoms with E-state index in [9.17, 15) is 14.7 Å². The Bertz CT molecular complexity index is 1200. The first-order valence-electron chi connectivity index (χ1n) is 9.56. The SMILES string of the molecule is COCCN1C(=O)C(O)=C(C(=O)c2cc3cccc(OC)c3o2)[C@@H]1c1cccc(Br)c1. The zero-order chi connectivity index (χ0) is 22.1. The molecule has 2 aromatic carbocycles. The standard InChI is InChI=1S/C23H20BrNO6/c1-29-10-9-25-19(13-5-3-7-15(24)11-13)18(21(27)23(25)28)20(26)17-12-14-6-4-8-16(30-2)22(14)31-17/h3-8,11-12,19,27H,9-10H2,1-2H3/t19-/m0/s1. The van der Waals surface area contributed by atoms with E-state index in [1.807, 2.05) is 18.2 Å². The molecule has 3 aromatic rings. The third kappa shape index (κ3) is 3.73. The number of ether oxygens (including phenoxy) is 2. The number of furan rings is 1. The van der Waals surface area contributed by atoms with Gasteiger partial charge >= 0.3 is 0 Å². The lowest BCUT2D eigenvalue weighted by Crippen LogP contribution is -2.34. The molecule has 1 aliphatic heterocycles. The minimum absolute atomic E-state index is 0.0161. The van der Waals surface area contributed by atoms with Gasteiger partial charge in [0.05, 0.1) is 25.3 Å². The number of benzene rings is 2. The highest BCUT2D eigenvalue weighted by Gasteiger charge is 2.44. The van der Waals surface area contributed by atoms with Gasteiger partial charge in [-0.1, -0.05) is 40.2 Å². The molecule has 8 heteroatoms. The second-order valence-electron chi connectivity index (χ2n) is 7.03. The summed E-state index contributed by atoms with van der Waals surface area (Å²) in [5.74, 6) is -1.27. The molecule has 0 fully saturated rings. The molecule has 0 bridgehead atoms. The fraction of sp³-hybridized carbons (Fsp3) is 0.217. The first-order valence-corrected chi connectivity index (χ1v) is 10.3. The van der Waals surface area contributed by atoms with Crippen molar-refractivity contribution in [1.82, 2.24) is 4.90 Å². The van der Waals surface area contributed by atoms with Gasteiger partial charge < -0.3 is 23.9 Å². The number of halogens is 1. The van der Waals surface area contributed by atoms with Crippen molar-refractivity contribution in [3.63, 3.8) is 0 Å². The van der Waals surface area contributed by atoms with E-state index in [0.29, 0.717) is 22.3 Å². The van der Waals surface area contributed by atoms with Crippen LogP contribution in [0.3, 0.4) is 0 Å². The molecule has 1 atom stereocenters. The van der Waals surface area contributed by atoms with Crippen LogP contribution in [-0.4, -0.2) is 49.1 Å². The smallest absolute Gasteiger partial charge is 0.290 e. The average molecular weight is 486 g/mol. The number of hydrogen-bond acceptors (Lipinski definition) is 6. The van der Waals surface area contributed by atoms with Crippen molar-refractivity contribution < 1.29 is 28.6 Å². The maximum Gasteiger partial charge on any atom is 0.290 e. The zero-order valence-corrected chi connectivity index (χ0v) is 18.5. The number of fused-ring (bicyclic) bond motifs is 1. The van der Waals surface area contributed by atoms with Crippen LogP contribution in [0.15, 0.2) is 68.8 Å². The Morgan fingerprint density at radius 2 is 1.97 bits per heavy atom. The zero-order valence-electron chi connectivity index (χ0n) is 16.9. The van der Waals surface area contributed by atoms with Crippen LogP contribution < -0.4 is 4.74 Å². The lowest BCUT2D eigenvalue weighted by Gasteiger charge is -2.26. The summed E-state index contributed by atoms with van der Waals surface area (Å²) in [7, 11) is 3.04. The fourth-order valence-corrected chi connectivity index (χ4v) is 4.19. The van der Waals surface area contributed by atoms with Crippen molar-refractivity contribution in [1.29, 1.82) is 0 Å². The van der Waals surface area contributed by atoms with Crippen molar-refractivity contribution in [3.05, 3.63) is 75.7 Å². The van der Waals surface area contributed by atoms with Gasteiger partial charge in [-0.2, -0.15) is 0 Å². The van der Waals surface area contributed by atoms with Gasteiger partial charge in [0, 0.05) is 23.5 Å². The number of aliphatic hydroxyl groups is 1. The quantitative estimate of drug-likeness (QED) is 0.498. The molecule has 0 saturated heterocycles. The monoisotopic (exact) mass is 485 g/mol. The van der Waals surface area contributed by atoms with E-state index in [1.165, 1.54) is 19.1 Å². The number of nitrogens with zero attached hydrogens (tertiary/aromatic N) is 1. The second-order valence-corrected chi connectivity index (χ2v) is 7.95. The average Bonchev–Trinajstić information content (AvgIpc) is 3.31. The van der Waals surface area contributed by atoms with E-state index in [4.69, 9.17) is 13.9 Å². The third-order valence-electron chi connectivity index (χ3n) is 5.20. The van der Waals surface area contributed by atoms with Gasteiger partial charge in [0.15, 0.2) is 22.9 Å². The van der Waals surface area contributed by atoms with Crippen molar-refractivity contribution in [2.75, 3.05) is 27.4 Å². The van der Waals surface area contributed by atoms with Crippen molar-refractivity contribution in [2.45, 2.75) is 6.04 Å². The van der Waals surface area contributed by atoms with Crippen LogP contribution in [-0.2, 0) is 9.53 Å². The molecule has 2 heterocycles. The second kappa shape index (κ2) is 8.56. The molecule has 0 radical (unpaired) electrons. The highest BCUT2D eigenvalue weighted by atomic mass is 79.9. The van der Waals surface area contributed by atoms with Gasteiger partial charge in [-0.15, -0.1) is 0 Å². The molecule has 160 valence electrons. The Labute approximate surface area is 187 Å². The predicted octanol–water partition coefficient (Wildman–Crippen LogP) is 4.43. The van der Waals surface area contributed by atoms with Crippen LogP contribution in [0.5, 0.6) is 5.75 Å². The Kier molecular flexibility index (Phi) is 5.84. The van der Waals surface area contributed by atoms with Gasteiger partial charge in [0.25, 0.3) is 5.91 Å². The molecule has 0 aliphatic carbocycles. The first-order chi connectivity index (χ1) is 15.0. The number of rotatable bonds is 7. The van der Waals surface area contributed by atoms with E-state index < -0.39 is 23.5 Å². The van der Waals surface area contributed by atoms with Crippen molar-refractivity contribution >= 4 is 38.6 Å². The summed E-state index contributed by atoms with van der Waals surface area (Å²) >= 11 is 3.43. The van der Waals surface area contributed by atoms with E-state index in [-0.39, 0.29) is 24.5 Å². The predicted molar refractivity (Wildman–Crippen MR) is 117 cm³/mol. The normalized spacial score (nSPS) is 16.4. The van der Waals surface area contributed by atoms with Gasteiger partial charge in [-0.3, -0.25) is 9.59 Å². The van der Waals surface area contributed by atoms with Gasteiger partial charge in [0.2, 0.25) is 5.78 Å². The van der Waals surface area contributed by atoms with Crippen molar-refractivity contribution in [3.8, 4) is 5.75 Å². The summed E-state index contributed by atoms with van der Waals surface area (Å²) in [5, 5.41) is 11.4. The summed E-state index contributed by atoms with van der Waals surface area (Å²) in [6, 6.07) is 13.4. The molecule has 4 rings (SSSR count). The lowest BCUT2D eigenvalue weighted by molar-refractivity contribution is -0.130. The summed E-state index contributed by atoms with van der Waals surface area (Å²) in [6.07, 6.45) is 0. The molecule has 1 N–H and O–H groups in total. The Morgan fingerprint density at radius 1 is 1.19 bits per heavy atom. The minimum Gasteiger partial charge on any atom is -0.503 e. The Balaban J connectivity index is 1.82. The van der Waals surface area contributed by atoms with Crippen LogP contribution in [0, 0.1) is 0 Å². The molecular formula is C23H20BrNO6. The summed E-state index contributed by atoms with van der Waals surface area (Å²) in [6.45, 7) is 0.466. The molecule has 0 unspecified atom stereocenters. The molecule has 31 heavy (non-hydrogen) atoms. The number of aliphatic hydroxyl groups excluding tert-OH is 1. The van der Waals surface area contributed by atoms with Crippen LogP contribution in [0.2, 0.25) is 0 Å². The van der Waals surface area contributed by atoms with Gasteiger partial charge in [-0.25, -0.2) is 0 Å². The molecule has 7 nitrogen and oxygen atoms in total. The molecular weight excluding hydrogens is 466 g/mol. The number of methoxy groups -OCH3 is 2. The lowest BCUT2D eigenvalue weighted by atomic mass is 9.95. The Morgan fingerprint density at radius 3 is 2.68 bits per heavy atom. The number of carbonyl (C=O) groups excluding carboxylic acids is 2. The first kappa shape index (κ1) is 21.1. The number of hydrogen-bond donors (Lipinski definition) is 1.